The van der Waals surface area contributed by atoms with Gasteiger partial charge in [-0.15, -0.1) is 0 Å². The van der Waals surface area contributed by atoms with Gasteiger partial charge in [-0.2, -0.15) is 0 Å². The van der Waals surface area contributed by atoms with Gasteiger partial charge in [-0.25, -0.2) is 9.69 Å². The summed E-state index contributed by atoms with van der Waals surface area (Å²) in [5, 5.41) is 2.64. The standard InChI is InChI=1S/C25H18BrClN2O4/c1-15-4-2-3-5-21(15)29-24(31)20(23(30)28-25(29)32)13-17-12-19(27)10-11-22(17)33-14-16-6-8-18(26)9-7-16/h2-13H,14H2,1H3,(H,28,30,32)/b20-13+. The summed E-state index contributed by atoms with van der Waals surface area (Å²) in [5.41, 5.74) is 2.30. The molecule has 1 aliphatic heterocycles. The molecule has 0 aromatic heterocycles. The number of imide groups is 2. The van der Waals surface area contributed by atoms with E-state index in [4.69, 9.17) is 16.3 Å². The summed E-state index contributed by atoms with van der Waals surface area (Å²) in [6.07, 6.45) is 1.39. The van der Waals surface area contributed by atoms with Crippen LogP contribution in [0.3, 0.4) is 0 Å². The van der Waals surface area contributed by atoms with Gasteiger partial charge >= 0.3 is 6.03 Å². The molecule has 1 fully saturated rings. The Morgan fingerprint density at radius 3 is 2.48 bits per heavy atom. The second kappa shape index (κ2) is 9.60. The van der Waals surface area contributed by atoms with Crippen molar-refractivity contribution in [3.05, 3.63) is 98.5 Å². The molecule has 3 aromatic carbocycles. The summed E-state index contributed by atoms with van der Waals surface area (Å²) in [7, 11) is 0. The Bertz CT molecular complexity index is 1290. The summed E-state index contributed by atoms with van der Waals surface area (Å²) in [4.78, 5) is 39.2. The van der Waals surface area contributed by atoms with Gasteiger partial charge < -0.3 is 4.74 Å². The van der Waals surface area contributed by atoms with Crippen molar-refractivity contribution in [3.63, 3.8) is 0 Å². The van der Waals surface area contributed by atoms with Crippen LogP contribution in [0.1, 0.15) is 16.7 Å². The zero-order valence-corrected chi connectivity index (χ0v) is 19.8. The fourth-order valence-electron chi connectivity index (χ4n) is 3.35. The zero-order chi connectivity index (χ0) is 23.5. The molecular weight excluding hydrogens is 508 g/mol. The number of nitrogens with zero attached hydrogens (tertiary/aromatic N) is 1. The van der Waals surface area contributed by atoms with Gasteiger partial charge in [0.15, 0.2) is 0 Å². The Balaban J connectivity index is 1.68. The van der Waals surface area contributed by atoms with E-state index < -0.39 is 17.8 Å². The van der Waals surface area contributed by atoms with Crippen LogP contribution >= 0.6 is 27.5 Å². The number of para-hydroxylation sites is 1. The van der Waals surface area contributed by atoms with Crippen molar-refractivity contribution in [2.75, 3.05) is 4.90 Å². The lowest BCUT2D eigenvalue weighted by atomic mass is 10.0. The van der Waals surface area contributed by atoms with E-state index in [-0.39, 0.29) is 12.2 Å². The largest absolute Gasteiger partial charge is 0.488 e. The summed E-state index contributed by atoms with van der Waals surface area (Å²) in [6, 6.07) is 18.7. The van der Waals surface area contributed by atoms with Crippen molar-refractivity contribution in [3.8, 4) is 5.75 Å². The van der Waals surface area contributed by atoms with Crippen molar-refractivity contribution < 1.29 is 19.1 Å². The fourth-order valence-corrected chi connectivity index (χ4v) is 3.80. The molecule has 0 spiro atoms. The molecule has 1 aliphatic rings. The molecule has 3 aromatic rings. The summed E-state index contributed by atoms with van der Waals surface area (Å²) < 4.78 is 6.90. The smallest absolute Gasteiger partial charge is 0.335 e. The van der Waals surface area contributed by atoms with E-state index in [2.05, 4.69) is 21.2 Å². The predicted molar refractivity (Wildman–Crippen MR) is 130 cm³/mol. The van der Waals surface area contributed by atoms with Crippen molar-refractivity contribution in [1.82, 2.24) is 5.32 Å². The lowest BCUT2D eigenvalue weighted by Crippen LogP contribution is -2.54. The molecule has 6 nitrogen and oxygen atoms in total. The van der Waals surface area contributed by atoms with Crippen LogP contribution in [-0.4, -0.2) is 17.8 Å². The number of hydrogen-bond acceptors (Lipinski definition) is 4. The first-order valence-electron chi connectivity index (χ1n) is 9.97. The molecule has 8 heteroatoms. The number of urea groups is 1. The van der Waals surface area contributed by atoms with Crippen LogP contribution in [-0.2, 0) is 16.2 Å². The average molecular weight is 526 g/mol. The monoisotopic (exact) mass is 524 g/mol. The van der Waals surface area contributed by atoms with E-state index in [1.807, 2.05) is 24.3 Å². The molecule has 166 valence electrons. The minimum absolute atomic E-state index is 0.200. The predicted octanol–water partition coefficient (Wildman–Crippen LogP) is 5.66. The quantitative estimate of drug-likeness (QED) is 0.345. The highest BCUT2D eigenvalue weighted by molar-refractivity contribution is 9.10. The van der Waals surface area contributed by atoms with E-state index in [0.29, 0.717) is 22.0 Å². The molecule has 0 atom stereocenters. The van der Waals surface area contributed by atoms with Gasteiger partial charge in [-0.1, -0.05) is 57.9 Å². The maximum Gasteiger partial charge on any atom is 0.335 e. The molecule has 1 N–H and O–H groups in total. The third-order valence-corrected chi connectivity index (χ3v) is 5.80. The first-order valence-corrected chi connectivity index (χ1v) is 11.1. The molecule has 0 unspecified atom stereocenters. The van der Waals surface area contributed by atoms with Crippen LogP contribution in [0.4, 0.5) is 10.5 Å². The number of halogens is 2. The van der Waals surface area contributed by atoms with E-state index in [9.17, 15) is 14.4 Å². The van der Waals surface area contributed by atoms with Crippen molar-refractivity contribution in [2.45, 2.75) is 13.5 Å². The number of hydrogen-bond donors (Lipinski definition) is 1. The number of aryl methyl sites for hydroxylation is 1. The molecule has 0 bridgehead atoms. The van der Waals surface area contributed by atoms with Crippen molar-refractivity contribution in [2.24, 2.45) is 0 Å². The number of benzene rings is 3. The number of nitrogens with one attached hydrogen (secondary N) is 1. The van der Waals surface area contributed by atoms with Crippen LogP contribution < -0.4 is 15.0 Å². The Hall–Kier alpha value is -3.42. The summed E-state index contributed by atoms with van der Waals surface area (Å²) in [5.74, 6) is -1.07. The zero-order valence-electron chi connectivity index (χ0n) is 17.5. The number of carbonyl (C=O) groups is 3. The van der Waals surface area contributed by atoms with Crippen LogP contribution in [0, 0.1) is 6.92 Å². The Morgan fingerprint density at radius 1 is 1.03 bits per heavy atom. The van der Waals surface area contributed by atoms with Gasteiger partial charge in [0.2, 0.25) is 0 Å². The van der Waals surface area contributed by atoms with Gasteiger partial charge in [0.1, 0.15) is 17.9 Å². The number of rotatable bonds is 5. The Kier molecular flexibility index (Phi) is 6.62. The first kappa shape index (κ1) is 22.8. The van der Waals surface area contributed by atoms with Gasteiger partial charge in [-0.3, -0.25) is 14.9 Å². The number of amides is 4. The number of carbonyl (C=O) groups excluding carboxylic acids is 3. The molecule has 0 saturated carbocycles. The maximum absolute atomic E-state index is 13.2. The normalized spacial score (nSPS) is 15.1. The minimum Gasteiger partial charge on any atom is -0.488 e. The lowest BCUT2D eigenvalue weighted by Gasteiger charge is -2.27. The molecule has 0 aliphatic carbocycles. The highest BCUT2D eigenvalue weighted by Crippen LogP contribution is 2.29. The van der Waals surface area contributed by atoms with E-state index in [1.165, 1.54) is 6.08 Å². The van der Waals surface area contributed by atoms with E-state index >= 15 is 0 Å². The average Bonchev–Trinajstić information content (AvgIpc) is 2.78. The molecule has 4 amide bonds. The number of anilines is 1. The molecule has 0 radical (unpaired) electrons. The highest BCUT2D eigenvalue weighted by Gasteiger charge is 2.37. The van der Waals surface area contributed by atoms with E-state index in [0.717, 1.165) is 20.5 Å². The lowest BCUT2D eigenvalue weighted by molar-refractivity contribution is -0.122. The van der Waals surface area contributed by atoms with Gasteiger partial charge in [0, 0.05) is 15.1 Å². The Labute approximate surface area is 203 Å². The fraction of sp³-hybridized carbons (Fsp3) is 0.0800. The first-order chi connectivity index (χ1) is 15.8. The number of barbiturate groups is 1. The van der Waals surface area contributed by atoms with Crippen LogP contribution in [0.2, 0.25) is 5.02 Å². The summed E-state index contributed by atoms with van der Waals surface area (Å²) >= 11 is 9.57. The van der Waals surface area contributed by atoms with Gasteiger partial charge in [-0.05, 0) is 60.5 Å². The second-order valence-electron chi connectivity index (χ2n) is 7.34. The highest BCUT2D eigenvalue weighted by atomic mass is 79.9. The van der Waals surface area contributed by atoms with Crippen LogP contribution in [0.5, 0.6) is 5.75 Å². The maximum atomic E-state index is 13.2. The summed E-state index contributed by atoms with van der Waals surface area (Å²) in [6.45, 7) is 2.06. The molecule has 1 heterocycles. The van der Waals surface area contributed by atoms with Crippen LogP contribution in [0.25, 0.3) is 6.08 Å². The van der Waals surface area contributed by atoms with Crippen molar-refractivity contribution in [1.29, 1.82) is 0 Å². The molecule has 4 rings (SSSR count). The molecule has 33 heavy (non-hydrogen) atoms. The second-order valence-corrected chi connectivity index (χ2v) is 8.69. The number of ether oxygens (including phenoxy) is 1. The molecular formula is C25H18BrClN2O4. The molecule has 1 saturated heterocycles. The third kappa shape index (κ3) is 4.99. The third-order valence-electron chi connectivity index (χ3n) is 5.04. The Morgan fingerprint density at radius 2 is 1.76 bits per heavy atom. The minimum atomic E-state index is -0.797. The van der Waals surface area contributed by atoms with E-state index in [1.54, 1.807) is 49.4 Å². The van der Waals surface area contributed by atoms with Crippen molar-refractivity contribution >= 4 is 57.1 Å². The van der Waals surface area contributed by atoms with Crippen LogP contribution in [0.15, 0.2) is 76.8 Å². The van der Waals surface area contributed by atoms with Gasteiger partial charge in [0.05, 0.1) is 5.69 Å². The topological polar surface area (TPSA) is 75.7 Å². The van der Waals surface area contributed by atoms with Gasteiger partial charge in [0.25, 0.3) is 11.8 Å². The SMILES string of the molecule is Cc1ccccc1N1C(=O)NC(=O)/C(=C\c2cc(Cl)ccc2OCc2ccc(Br)cc2)C1=O.